The Kier molecular flexibility index (Phi) is 31.9. The van der Waals surface area contributed by atoms with Crippen molar-refractivity contribution in [2.24, 2.45) is 0 Å². The molecule has 1 atom stereocenters. The van der Waals surface area contributed by atoms with E-state index in [4.69, 9.17) is 0 Å². The third-order valence-electron chi connectivity index (χ3n) is 9.23. The van der Waals surface area contributed by atoms with Gasteiger partial charge in [0, 0.05) is 19.0 Å². The van der Waals surface area contributed by atoms with Crippen LogP contribution in [0.5, 0.6) is 0 Å². The molecule has 0 spiro atoms. The number of carbonyl (C=O) groups is 2. The van der Waals surface area contributed by atoms with Gasteiger partial charge in [-0.05, 0) is 12.8 Å². The van der Waals surface area contributed by atoms with Gasteiger partial charge in [0.15, 0.2) is 17.2 Å². The average Bonchev–Trinajstić information content (AvgIpc) is 3.00. The molecular formula is C38H75O3P. The van der Waals surface area contributed by atoms with E-state index in [0.29, 0.717) is 12.8 Å². The number of rotatable bonds is 35. The van der Waals surface area contributed by atoms with Crippen molar-refractivity contribution < 1.29 is 14.7 Å². The number of hydrogen-bond acceptors (Lipinski definition) is 3. The molecule has 0 rings (SSSR count). The molecule has 0 bridgehead atoms. The van der Waals surface area contributed by atoms with E-state index in [-0.39, 0.29) is 17.7 Å². The molecule has 0 aliphatic rings. The van der Waals surface area contributed by atoms with Gasteiger partial charge in [0.1, 0.15) is 0 Å². The van der Waals surface area contributed by atoms with Gasteiger partial charge in [0.25, 0.3) is 0 Å². The summed E-state index contributed by atoms with van der Waals surface area (Å²) >= 11 is 0. The second-order valence-electron chi connectivity index (χ2n) is 13.3. The summed E-state index contributed by atoms with van der Waals surface area (Å²) < 4.78 is 0. The highest BCUT2D eigenvalue weighted by Crippen LogP contribution is 2.21. The first-order chi connectivity index (χ1) is 20.5. The van der Waals surface area contributed by atoms with Gasteiger partial charge in [0.05, 0.1) is 0 Å². The summed E-state index contributed by atoms with van der Waals surface area (Å²) in [5.74, 6) is -0.531. The van der Waals surface area contributed by atoms with Gasteiger partial charge in [-0.1, -0.05) is 194 Å². The highest BCUT2D eigenvalue weighted by molar-refractivity contribution is 7.16. The first kappa shape index (κ1) is 41.7. The van der Waals surface area contributed by atoms with Crippen molar-refractivity contribution in [1.29, 1.82) is 0 Å². The van der Waals surface area contributed by atoms with E-state index in [1.165, 1.54) is 154 Å². The molecule has 4 heteroatoms. The van der Waals surface area contributed by atoms with E-state index in [1.807, 2.05) is 0 Å². The van der Waals surface area contributed by atoms with Crippen LogP contribution in [-0.2, 0) is 9.59 Å². The minimum atomic E-state index is -1.78. The van der Waals surface area contributed by atoms with Crippen molar-refractivity contribution >= 4 is 20.8 Å². The SMILES string of the molecule is CCCCCCCCCCCCCCCCCC(=O)C(O)(CP)C(=O)CCCCCCCCCCCCCCCCC. The van der Waals surface area contributed by atoms with Crippen molar-refractivity contribution in [3.05, 3.63) is 0 Å². The number of Topliss-reactive ketones (excluding diaryl/α,β-unsaturated/α-hetero) is 2. The molecule has 0 saturated heterocycles. The zero-order chi connectivity index (χ0) is 31.0. The molecule has 0 aromatic heterocycles. The second kappa shape index (κ2) is 32.1. The zero-order valence-corrected chi connectivity index (χ0v) is 29.8. The van der Waals surface area contributed by atoms with Crippen LogP contribution in [0.25, 0.3) is 0 Å². The summed E-state index contributed by atoms with van der Waals surface area (Å²) in [4.78, 5) is 25.5. The lowest BCUT2D eigenvalue weighted by Crippen LogP contribution is -2.48. The molecule has 3 nitrogen and oxygen atoms in total. The highest BCUT2D eigenvalue weighted by atomic mass is 31.0. The Labute approximate surface area is 266 Å². The molecular weight excluding hydrogens is 535 g/mol. The minimum absolute atomic E-state index is 0.127. The van der Waals surface area contributed by atoms with E-state index < -0.39 is 5.60 Å². The first-order valence-electron chi connectivity index (χ1n) is 19.0. The van der Waals surface area contributed by atoms with Crippen LogP contribution in [0, 0.1) is 0 Å². The molecule has 0 aliphatic heterocycles. The Morgan fingerprint density at radius 3 is 0.786 bits per heavy atom. The molecule has 0 saturated carbocycles. The molecule has 0 aromatic rings. The molecule has 0 aromatic carbocycles. The normalized spacial score (nSPS) is 11.8. The van der Waals surface area contributed by atoms with E-state index in [1.54, 1.807) is 0 Å². The third-order valence-corrected chi connectivity index (χ3v) is 9.82. The zero-order valence-electron chi connectivity index (χ0n) is 28.7. The van der Waals surface area contributed by atoms with Crippen molar-refractivity contribution in [2.45, 2.75) is 225 Å². The van der Waals surface area contributed by atoms with Gasteiger partial charge in [-0.3, -0.25) is 9.59 Å². The Morgan fingerprint density at radius 2 is 0.595 bits per heavy atom. The van der Waals surface area contributed by atoms with Crippen molar-refractivity contribution in [3.8, 4) is 0 Å². The fourth-order valence-electron chi connectivity index (χ4n) is 6.11. The molecule has 0 amide bonds. The van der Waals surface area contributed by atoms with Crippen LogP contribution in [0.15, 0.2) is 0 Å². The lowest BCUT2D eigenvalue weighted by molar-refractivity contribution is -0.148. The second-order valence-corrected chi connectivity index (χ2v) is 13.7. The standard InChI is InChI=1S/C38H75O3P/c1-3-5-7-9-11-13-15-17-19-21-23-25-27-29-31-33-36(39)38(41,35-42)37(40)34-32-30-28-26-24-22-20-18-16-14-12-10-8-6-4-2/h41H,3-35,42H2,1-2H3. The molecule has 0 heterocycles. The largest absolute Gasteiger partial charge is 0.374 e. The predicted molar refractivity (Wildman–Crippen MR) is 189 cm³/mol. The monoisotopic (exact) mass is 611 g/mol. The lowest BCUT2D eigenvalue weighted by Gasteiger charge is -2.23. The molecule has 0 fully saturated rings. The van der Waals surface area contributed by atoms with E-state index in [0.717, 1.165) is 38.5 Å². The summed E-state index contributed by atoms with van der Waals surface area (Å²) in [6.07, 6.45) is 39.4. The van der Waals surface area contributed by atoms with Crippen LogP contribution in [0.4, 0.5) is 0 Å². The van der Waals surface area contributed by atoms with Crippen LogP contribution in [-0.4, -0.2) is 28.4 Å². The topological polar surface area (TPSA) is 54.4 Å². The van der Waals surface area contributed by atoms with Crippen molar-refractivity contribution in [2.75, 3.05) is 6.16 Å². The molecule has 0 radical (unpaired) electrons. The van der Waals surface area contributed by atoms with Crippen LogP contribution in [0.1, 0.15) is 219 Å². The summed E-state index contributed by atoms with van der Waals surface area (Å²) in [5.41, 5.74) is -1.78. The molecule has 250 valence electrons. The molecule has 0 aliphatic carbocycles. The Balaban J connectivity index is 3.67. The maximum atomic E-state index is 12.7. The Morgan fingerprint density at radius 1 is 0.405 bits per heavy atom. The quantitative estimate of drug-likeness (QED) is 0.0441. The number of aliphatic hydroxyl groups is 1. The van der Waals surface area contributed by atoms with Crippen LogP contribution in [0.3, 0.4) is 0 Å². The van der Waals surface area contributed by atoms with Gasteiger partial charge in [-0.25, -0.2) is 0 Å². The number of ketones is 2. The summed E-state index contributed by atoms with van der Waals surface area (Å²) in [6, 6.07) is 0. The maximum Gasteiger partial charge on any atom is 0.184 e. The Hall–Kier alpha value is -0.270. The van der Waals surface area contributed by atoms with Gasteiger partial charge in [-0.15, -0.1) is 9.24 Å². The van der Waals surface area contributed by atoms with Gasteiger partial charge in [0.2, 0.25) is 0 Å². The maximum absolute atomic E-state index is 12.7. The number of hydrogen-bond donors (Lipinski definition) is 1. The highest BCUT2D eigenvalue weighted by Gasteiger charge is 2.40. The minimum Gasteiger partial charge on any atom is -0.374 e. The van der Waals surface area contributed by atoms with Gasteiger partial charge in [-0.2, -0.15) is 0 Å². The average molecular weight is 611 g/mol. The van der Waals surface area contributed by atoms with Crippen LogP contribution < -0.4 is 0 Å². The van der Waals surface area contributed by atoms with Crippen LogP contribution in [0.2, 0.25) is 0 Å². The lowest BCUT2D eigenvalue weighted by atomic mass is 9.88. The van der Waals surface area contributed by atoms with Crippen molar-refractivity contribution in [3.63, 3.8) is 0 Å². The van der Waals surface area contributed by atoms with Crippen molar-refractivity contribution in [1.82, 2.24) is 0 Å². The number of carbonyl (C=O) groups excluding carboxylic acids is 2. The van der Waals surface area contributed by atoms with E-state index in [2.05, 4.69) is 23.1 Å². The third kappa shape index (κ3) is 25.1. The summed E-state index contributed by atoms with van der Waals surface area (Å²) in [5, 5.41) is 10.9. The Bertz CT molecular complexity index is 545. The van der Waals surface area contributed by atoms with E-state index in [9.17, 15) is 14.7 Å². The van der Waals surface area contributed by atoms with Gasteiger partial charge >= 0.3 is 0 Å². The summed E-state index contributed by atoms with van der Waals surface area (Å²) in [7, 11) is 2.43. The molecule has 42 heavy (non-hydrogen) atoms. The fourth-order valence-corrected chi connectivity index (χ4v) is 6.57. The first-order valence-corrected chi connectivity index (χ1v) is 19.8. The molecule has 1 unspecified atom stereocenters. The fraction of sp³-hybridized carbons (Fsp3) is 0.947. The van der Waals surface area contributed by atoms with Gasteiger partial charge < -0.3 is 5.11 Å². The smallest absolute Gasteiger partial charge is 0.184 e. The predicted octanol–water partition coefficient (Wildman–Crippen LogP) is 12.3. The number of unbranched alkanes of at least 4 members (excludes halogenated alkanes) is 28. The van der Waals surface area contributed by atoms with Crippen LogP contribution >= 0.6 is 9.24 Å². The summed E-state index contributed by atoms with van der Waals surface area (Å²) in [6.45, 7) is 4.55. The van der Waals surface area contributed by atoms with E-state index >= 15 is 0 Å². The molecule has 1 N–H and O–H groups in total.